The quantitative estimate of drug-likeness (QED) is 0.492. The van der Waals surface area contributed by atoms with E-state index in [1.807, 2.05) is 0 Å². The molecule has 0 fully saturated rings. The van der Waals surface area contributed by atoms with Crippen molar-refractivity contribution in [3.05, 3.63) is 33.8 Å². The molecule has 0 aliphatic heterocycles. The van der Waals surface area contributed by atoms with E-state index >= 15 is 0 Å². The summed E-state index contributed by atoms with van der Waals surface area (Å²) in [7, 11) is -1.25. The van der Waals surface area contributed by atoms with Crippen LogP contribution in [0.1, 0.15) is 11.1 Å². The molecule has 0 radical (unpaired) electrons. The summed E-state index contributed by atoms with van der Waals surface area (Å²) in [5, 5.41) is 0. The second kappa shape index (κ2) is 4.33. The minimum atomic E-state index is -1.25. The third-order valence-corrected chi connectivity index (χ3v) is 3.48. The van der Waals surface area contributed by atoms with E-state index in [0.717, 1.165) is 10.0 Å². The first kappa shape index (κ1) is 11.6. The van der Waals surface area contributed by atoms with Crippen LogP contribution in [0.25, 0.3) is 0 Å². The minimum Gasteiger partial charge on any atom is -0.127 e. The van der Waals surface area contributed by atoms with E-state index in [1.165, 1.54) is 5.56 Å². The van der Waals surface area contributed by atoms with Gasteiger partial charge in [0.05, 0.1) is 0 Å². The van der Waals surface area contributed by atoms with Crippen molar-refractivity contribution < 1.29 is 0 Å². The number of halogens is 1. The van der Waals surface area contributed by atoms with Crippen LogP contribution in [0.15, 0.2) is 22.7 Å². The molecular weight excluding hydrogens is 252 g/mol. The lowest BCUT2D eigenvalue weighted by Crippen LogP contribution is -2.16. The topological polar surface area (TPSA) is 0 Å². The highest BCUT2D eigenvalue weighted by atomic mass is 79.9. The Labute approximate surface area is 95.9 Å². The van der Waals surface area contributed by atoms with Gasteiger partial charge in [-0.2, -0.15) is 0 Å². The van der Waals surface area contributed by atoms with Crippen molar-refractivity contribution in [1.82, 2.24) is 0 Å². The largest absolute Gasteiger partial charge is 0.129 e. The molecule has 0 bridgehead atoms. The van der Waals surface area contributed by atoms with Crippen LogP contribution in [0.5, 0.6) is 0 Å². The Morgan fingerprint density at radius 1 is 1.21 bits per heavy atom. The fraction of sp³-hybridized carbons (Fsp3) is 0.333. The highest BCUT2D eigenvalue weighted by Crippen LogP contribution is 2.16. The van der Waals surface area contributed by atoms with Crippen LogP contribution in [-0.2, 0) is 0 Å². The molecule has 0 saturated heterocycles. The zero-order chi connectivity index (χ0) is 10.8. The highest BCUT2D eigenvalue weighted by molar-refractivity contribution is 9.10. The first-order valence-electron chi connectivity index (χ1n) is 4.68. The molecular formula is C12H15BrSi. The van der Waals surface area contributed by atoms with Gasteiger partial charge in [0.2, 0.25) is 0 Å². The van der Waals surface area contributed by atoms with Gasteiger partial charge in [-0.3, -0.25) is 0 Å². The molecule has 1 aromatic carbocycles. The molecule has 14 heavy (non-hydrogen) atoms. The number of rotatable bonds is 0. The van der Waals surface area contributed by atoms with Crippen LogP contribution in [0.4, 0.5) is 0 Å². The van der Waals surface area contributed by atoms with Gasteiger partial charge in [0.15, 0.2) is 0 Å². The van der Waals surface area contributed by atoms with Gasteiger partial charge in [-0.1, -0.05) is 47.6 Å². The molecule has 0 saturated carbocycles. The molecule has 2 heteroatoms. The van der Waals surface area contributed by atoms with Crippen molar-refractivity contribution >= 4 is 24.0 Å². The SMILES string of the molecule is Cc1ccc(C#C[Si](C)(C)C)cc1Br. The zero-order valence-corrected chi connectivity index (χ0v) is 11.7. The van der Waals surface area contributed by atoms with Crippen molar-refractivity contribution in [2.24, 2.45) is 0 Å². The van der Waals surface area contributed by atoms with Gasteiger partial charge in [0, 0.05) is 10.0 Å². The van der Waals surface area contributed by atoms with Crippen molar-refractivity contribution in [1.29, 1.82) is 0 Å². The molecule has 0 unspecified atom stereocenters. The summed E-state index contributed by atoms with van der Waals surface area (Å²) in [6, 6.07) is 6.26. The lowest BCUT2D eigenvalue weighted by molar-refractivity contribution is 1.42. The molecule has 0 nitrogen and oxygen atoms in total. The summed E-state index contributed by atoms with van der Waals surface area (Å²) >= 11 is 3.51. The standard InChI is InChI=1S/C12H15BrSi/c1-10-5-6-11(9-12(10)13)7-8-14(2,3)4/h5-6,9H,1-4H3. The maximum Gasteiger partial charge on any atom is 0.129 e. The van der Waals surface area contributed by atoms with Gasteiger partial charge in [-0.15, -0.1) is 5.54 Å². The summed E-state index contributed by atoms with van der Waals surface area (Å²) < 4.78 is 1.14. The Hall–Kier alpha value is -0.523. The number of aryl methyl sites for hydroxylation is 1. The fourth-order valence-electron chi connectivity index (χ4n) is 0.930. The van der Waals surface area contributed by atoms with Crippen LogP contribution < -0.4 is 0 Å². The Morgan fingerprint density at radius 2 is 1.86 bits per heavy atom. The predicted molar refractivity (Wildman–Crippen MR) is 69.1 cm³/mol. The van der Waals surface area contributed by atoms with Crippen LogP contribution in [0, 0.1) is 18.4 Å². The van der Waals surface area contributed by atoms with E-state index in [4.69, 9.17) is 0 Å². The highest BCUT2D eigenvalue weighted by Gasteiger charge is 2.07. The van der Waals surface area contributed by atoms with E-state index in [0.29, 0.717) is 0 Å². The maximum atomic E-state index is 3.51. The van der Waals surface area contributed by atoms with Crippen molar-refractivity contribution in [2.75, 3.05) is 0 Å². The van der Waals surface area contributed by atoms with Gasteiger partial charge >= 0.3 is 0 Å². The summed E-state index contributed by atoms with van der Waals surface area (Å²) in [5.74, 6) is 3.23. The molecule has 0 aliphatic carbocycles. The predicted octanol–water partition coefficient (Wildman–Crippen LogP) is 3.99. The monoisotopic (exact) mass is 266 g/mol. The summed E-state index contributed by atoms with van der Waals surface area (Å²) in [5.41, 5.74) is 5.71. The van der Waals surface area contributed by atoms with Crippen molar-refractivity contribution in [3.63, 3.8) is 0 Å². The van der Waals surface area contributed by atoms with Gasteiger partial charge < -0.3 is 0 Å². The Bertz CT molecular complexity index is 391. The van der Waals surface area contributed by atoms with E-state index in [-0.39, 0.29) is 0 Å². The zero-order valence-electron chi connectivity index (χ0n) is 9.11. The lowest BCUT2D eigenvalue weighted by atomic mass is 10.2. The molecule has 0 N–H and O–H groups in total. The summed E-state index contributed by atoms with van der Waals surface area (Å²) in [4.78, 5) is 0. The molecule has 1 aromatic rings. The van der Waals surface area contributed by atoms with Gasteiger partial charge in [-0.25, -0.2) is 0 Å². The van der Waals surface area contributed by atoms with E-state index in [9.17, 15) is 0 Å². The van der Waals surface area contributed by atoms with E-state index in [1.54, 1.807) is 0 Å². The molecule has 0 aliphatic rings. The van der Waals surface area contributed by atoms with E-state index < -0.39 is 8.07 Å². The smallest absolute Gasteiger partial charge is 0.127 e. The molecule has 74 valence electrons. The minimum absolute atomic E-state index is 1.10. The molecule has 0 spiro atoms. The van der Waals surface area contributed by atoms with Gasteiger partial charge in [0.25, 0.3) is 0 Å². The van der Waals surface area contributed by atoms with E-state index in [2.05, 4.69) is 72.2 Å². The Kier molecular flexibility index (Phi) is 3.57. The number of benzene rings is 1. The molecule has 1 rings (SSSR count). The van der Waals surface area contributed by atoms with Gasteiger partial charge in [-0.05, 0) is 24.6 Å². The van der Waals surface area contributed by atoms with Crippen LogP contribution in [0.3, 0.4) is 0 Å². The first-order chi connectivity index (χ1) is 6.38. The number of hydrogen-bond acceptors (Lipinski definition) is 0. The molecule has 0 heterocycles. The third-order valence-electron chi connectivity index (χ3n) is 1.75. The second-order valence-corrected chi connectivity index (χ2v) is 10.1. The summed E-state index contributed by atoms with van der Waals surface area (Å²) in [6.07, 6.45) is 0. The molecule has 0 aromatic heterocycles. The normalized spacial score (nSPS) is 10.6. The third kappa shape index (κ3) is 3.69. The van der Waals surface area contributed by atoms with Crippen molar-refractivity contribution in [2.45, 2.75) is 26.6 Å². The second-order valence-electron chi connectivity index (χ2n) is 4.46. The molecule has 0 amide bonds. The summed E-state index contributed by atoms with van der Waals surface area (Å²) in [6.45, 7) is 8.84. The lowest BCUT2D eigenvalue weighted by Gasteiger charge is -2.03. The van der Waals surface area contributed by atoms with Crippen LogP contribution in [-0.4, -0.2) is 8.07 Å². The average Bonchev–Trinajstić information content (AvgIpc) is 2.06. The van der Waals surface area contributed by atoms with Gasteiger partial charge in [0.1, 0.15) is 8.07 Å². The molecule has 0 atom stereocenters. The first-order valence-corrected chi connectivity index (χ1v) is 8.97. The average molecular weight is 267 g/mol. The fourth-order valence-corrected chi connectivity index (χ4v) is 1.83. The van der Waals surface area contributed by atoms with Crippen LogP contribution in [0.2, 0.25) is 19.6 Å². The van der Waals surface area contributed by atoms with Crippen LogP contribution >= 0.6 is 15.9 Å². The maximum absolute atomic E-state index is 3.51. The number of hydrogen-bond donors (Lipinski definition) is 0. The Balaban J connectivity index is 2.98. The van der Waals surface area contributed by atoms with Crippen molar-refractivity contribution in [3.8, 4) is 11.5 Å². The Morgan fingerprint density at radius 3 is 2.36 bits per heavy atom.